The average molecular weight is 234 g/mol. The Balaban J connectivity index is 2.30. The molecule has 5 heteroatoms. The number of H-pyrrole nitrogens is 1. The fraction of sp³-hybridized carbons (Fsp3) is 0.500. The number of fused-ring (bicyclic) bond motifs is 1. The van der Waals surface area contributed by atoms with Gasteiger partial charge in [-0.3, -0.25) is 0 Å². The zero-order valence-electron chi connectivity index (χ0n) is 10.2. The molecule has 0 spiro atoms. The number of aromatic nitrogens is 3. The second-order valence-electron chi connectivity index (χ2n) is 3.97. The van der Waals surface area contributed by atoms with Crippen LogP contribution in [0.2, 0.25) is 0 Å². The van der Waals surface area contributed by atoms with Crippen molar-refractivity contribution in [1.82, 2.24) is 15.0 Å². The van der Waals surface area contributed by atoms with Crippen LogP contribution in [-0.4, -0.2) is 21.6 Å². The molecule has 0 bridgehead atoms. The summed E-state index contributed by atoms with van der Waals surface area (Å²) in [6.07, 6.45) is 1.95. The van der Waals surface area contributed by atoms with Crippen molar-refractivity contribution >= 4 is 11.2 Å². The summed E-state index contributed by atoms with van der Waals surface area (Å²) in [5.74, 6) is 1.39. The van der Waals surface area contributed by atoms with Gasteiger partial charge in [0.25, 0.3) is 0 Å². The van der Waals surface area contributed by atoms with Gasteiger partial charge >= 0.3 is 0 Å². The minimum atomic E-state index is -0.0512. The van der Waals surface area contributed by atoms with Gasteiger partial charge in [0, 0.05) is 6.07 Å². The lowest BCUT2D eigenvalue weighted by Crippen LogP contribution is -2.11. The molecule has 1 unspecified atom stereocenters. The SMILES string of the molecule is CCCC(N)c1nc2nc(OCC)ccc2[nH]1. The summed E-state index contributed by atoms with van der Waals surface area (Å²) in [6.45, 7) is 4.64. The van der Waals surface area contributed by atoms with E-state index in [0.29, 0.717) is 18.1 Å². The van der Waals surface area contributed by atoms with Crippen LogP contribution in [0.15, 0.2) is 12.1 Å². The van der Waals surface area contributed by atoms with Crippen molar-refractivity contribution in [2.24, 2.45) is 5.73 Å². The van der Waals surface area contributed by atoms with Crippen molar-refractivity contribution in [2.45, 2.75) is 32.7 Å². The fourth-order valence-electron chi connectivity index (χ4n) is 1.75. The first-order valence-electron chi connectivity index (χ1n) is 5.99. The van der Waals surface area contributed by atoms with Crippen LogP contribution in [0.5, 0.6) is 5.88 Å². The third kappa shape index (κ3) is 2.55. The maximum Gasteiger partial charge on any atom is 0.215 e. The summed E-state index contributed by atoms with van der Waals surface area (Å²) >= 11 is 0. The van der Waals surface area contributed by atoms with E-state index in [1.54, 1.807) is 0 Å². The van der Waals surface area contributed by atoms with Crippen LogP contribution in [0.4, 0.5) is 0 Å². The summed E-state index contributed by atoms with van der Waals surface area (Å²) in [6, 6.07) is 3.70. The van der Waals surface area contributed by atoms with Crippen molar-refractivity contribution in [3.63, 3.8) is 0 Å². The number of rotatable bonds is 5. The smallest absolute Gasteiger partial charge is 0.215 e. The van der Waals surface area contributed by atoms with E-state index in [-0.39, 0.29) is 6.04 Å². The van der Waals surface area contributed by atoms with E-state index in [1.807, 2.05) is 19.1 Å². The molecule has 0 saturated carbocycles. The highest BCUT2D eigenvalue weighted by Gasteiger charge is 2.11. The zero-order chi connectivity index (χ0) is 12.3. The van der Waals surface area contributed by atoms with E-state index in [1.165, 1.54) is 0 Å². The van der Waals surface area contributed by atoms with Gasteiger partial charge in [0.1, 0.15) is 5.82 Å². The number of aromatic amines is 1. The predicted octanol–water partition coefficient (Wildman–Crippen LogP) is 2.16. The van der Waals surface area contributed by atoms with Gasteiger partial charge in [0.15, 0.2) is 5.65 Å². The van der Waals surface area contributed by atoms with Gasteiger partial charge in [-0.25, -0.2) is 4.98 Å². The van der Waals surface area contributed by atoms with Gasteiger partial charge in [0.2, 0.25) is 5.88 Å². The van der Waals surface area contributed by atoms with Crippen LogP contribution < -0.4 is 10.5 Å². The Labute approximate surface area is 100 Å². The normalized spacial score (nSPS) is 12.9. The molecule has 2 aromatic heterocycles. The molecule has 1 atom stereocenters. The molecular formula is C12H18N4O. The Morgan fingerprint density at radius 2 is 2.18 bits per heavy atom. The van der Waals surface area contributed by atoms with Crippen molar-refractivity contribution in [1.29, 1.82) is 0 Å². The number of hydrogen-bond acceptors (Lipinski definition) is 4. The molecule has 92 valence electrons. The third-order valence-corrected chi connectivity index (χ3v) is 2.58. The molecule has 2 heterocycles. The number of imidazole rings is 1. The number of nitrogens with one attached hydrogen (secondary N) is 1. The highest BCUT2D eigenvalue weighted by Crippen LogP contribution is 2.18. The fourth-order valence-corrected chi connectivity index (χ4v) is 1.75. The van der Waals surface area contributed by atoms with E-state index in [2.05, 4.69) is 21.9 Å². The minimum absolute atomic E-state index is 0.0512. The molecule has 17 heavy (non-hydrogen) atoms. The first-order valence-corrected chi connectivity index (χ1v) is 5.99. The van der Waals surface area contributed by atoms with Crippen molar-refractivity contribution < 1.29 is 4.74 Å². The predicted molar refractivity (Wildman–Crippen MR) is 66.9 cm³/mol. The molecule has 0 saturated heterocycles. The summed E-state index contributed by atoms with van der Waals surface area (Å²) in [7, 11) is 0. The lowest BCUT2D eigenvalue weighted by molar-refractivity contribution is 0.328. The van der Waals surface area contributed by atoms with Gasteiger partial charge < -0.3 is 15.5 Å². The number of hydrogen-bond donors (Lipinski definition) is 2. The van der Waals surface area contributed by atoms with Crippen molar-refractivity contribution in [2.75, 3.05) is 6.61 Å². The topological polar surface area (TPSA) is 76.8 Å². The average Bonchev–Trinajstić information content (AvgIpc) is 2.73. The molecule has 0 aliphatic rings. The Morgan fingerprint density at radius 3 is 2.88 bits per heavy atom. The molecule has 0 radical (unpaired) electrons. The zero-order valence-corrected chi connectivity index (χ0v) is 10.2. The number of pyridine rings is 1. The van der Waals surface area contributed by atoms with E-state index in [4.69, 9.17) is 10.5 Å². The van der Waals surface area contributed by atoms with Crippen LogP contribution in [-0.2, 0) is 0 Å². The van der Waals surface area contributed by atoms with Crippen LogP contribution in [0, 0.1) is 0 Å². The second kappa shape index (κ2) is 5.14. The van der Waals surface area contributed by atoms with E-state index in [0.717, 1.165) is 24.2 Å². The van der Waals surface area contributed by atoms with Crippen molar-refractivity contribution in [3.8, 4) is 5.88 Å². The highest BCUT2D eigenvalue weighted by atomic mass is 16.5. The van der Waals surface area contributed by atoms with E-state index >= 15 is 0 Å². The molecule has 0 aromatic carbocycles. The maximum atomic E-state index is 6.01. The monoisotopic (exact) mass is 234 g/mol. The lowest BCUT2D eigenvalue weighted by Gasteiger charge is -2.04. The Morgan fingerprint density at radius 1 is 1.35 bits per heavy atom. The van der Waals surface area contributed by atoms with Gasteiger partial charge in [-0.15, -0.1) is 0 Å². The molecule has 2 rings (SSSR count). The molecule has 3 N–H and O–H groups in total. The first kappa shape index (κ1) is 11.9. The summed E-state index contributed by atoms with van der Waals surface area (Å²) in [5, 5.41) is 0. The summed E-state index contributed by atoms with van der Waals surface area (Å²) in [4.78, 5) is 11.9. The summed E-state index contributed by atoms with van der Waals surface area (Å²) < 4.78 is 5.33. The molecule has 0 aliphatic carbocycles. The van der Waals surface area contributed by atoms with E-state index in [9.17, 15) is 0 Å². The molecular weight excluding hydrogens is 216 g/mol. The highest BCUT2D eigenvalue weighted by molar-refractivity contribution is 5.71. The van der Waals surface area contributed by atoms with Crippen LogP contribution in [0.25, 0.3) is 11.2 Å². The Bertz CT molecular complexity index is 494. The Hall–Kier alpha value is -1.62. The second-order valence-corrected chi connectivity index (χ2v) is 3.97. The molecule has 2 aromatic rings. The van der Waals surface area contributed by atoms with Gasteiger partial charge in [0.05, 0.1) is 18.2 Å². The van der Waals surface area contributed by atoms with Gasteiger partial charge in [-0.2, -0.15) is 4.98 Å². The quantitative estimate of drug-likeness (QED) is 0.831. The molecule has 0 fully saturated rings. The Kier molecular flexibility index (Phi) is 3.58. The number of nitrogens with two attached hydrogens (primary N) is 1. The lowest BCUT2D eigenvalue weighted by atomic mass is 10.2. The number of ether oxygens (including phenoxy) is 1. The summed E-state index contributed by atoms with van der Waals surface area (Å²) in [5.41, 5.74) is 7.58. The van der Waals surface area contributed by atoms with E-state index < -0.39 is 0 Å². The van der Waals surface area contributed by atoms with Gasteiger partial charge in [-0.1, -0.05) is 13.3 Å². The van der Waals surface area contributed by atoms with Crippen LogP contribution in [0.1, 0.15) is 38.6 Å². The first-order chi connectivity index (χ1) is 8.24. The van der Waals surface area contributed by atoms with Gasteiger partial charge in [-0.05, 0) is 19.4 Å². The van der Waals surface area contributed by atoms with Crippen LogP contribution in [0.3, 0.4) is 0 Å². The molecule has 5 nitrogen and oxygen atoms in total. The maximum absolute atomic E-state index is 6.01. The standard InChI is InChI=1S/C12H18N4O/c1-3-5-8(13)11-14-9-6-7-10(17-4-2)15-12(9)16-11/h6-8H,3-5,13H2,1-2H3,(H,14,15,16). The van der Waals surface area contributed by atoms with Crippen molar-refractivity contribution in [3.05, 3.63) is 18.0 Å². The van der Waals surface area contributed by atoms with Crippen LogP contribution >= 0.6 is 0 Å². The largest absolute Gasteiger partial charge is 0.478 e. The molecule has 0 amide bonds. The number of nitrogens with zero attached hydrogens (tertiary/aromatic N) is 2. The minimum Gasteiger partial charge on any atom is -0.478 e. The molecule has 0 aliphatic heterocycles. The third-order valence-electron chi connectivity index (χ3n) is 2.58.